The van der Waals surface area contributed by atoms with Crippen LogP contribution < -0.4 is 10.0 Å². The van der Waals surface area contributed by atoms with E-state index in [0.29, 0.717) is 29.8 Å². The van der Waals surface area contributed by atoms with Crippen LogP contribution in [0, 0.1) is 0 Å². The number of hydrogen-bond donors (Lipinski definition) is 2. The van der Waals surface area contributed by atoms with Gasteiger partial charge in [-0.2, -0.15) is 0 Å². The summed E-state index contributed by atoms with van der Waals surface area (Å²) >= 11 is 1.14. The second-order valence-corrected chi connectivity index (χ2v) is 13.6. The van der Waals surface area contributed by atoms with Gasteiger partial charge in [0.15, 0.2) is 15.0 Å². The second-order valence-electron chi connectivity index (χ2n) is 8.72. The number of carbonyl (C=O) groups excluding carboxylic acids is 1. The molecule has 1 aromatic carbocycles. The molecule has 1 amide bonds. The summed E-state index contributed by atoms with van der Waals surface area (Å²) in [5, 5.41) is 4.42. The molecule has 0 unspecified atom stereocenters. The lowest BCUT2D eigenvalue weighted by atomic mass is 9.89. The average Bonchev–Trinajstić information content (AvgIpc) is 3.54. The third-order valence-corrected chi connectivity index (χ3v) is 9.32. The Kier molecular flexibility index (Phi) is 6.25. The maximum atomic E-state index is 13.0. The molecule has 1 aliphatic rings. The molecule has 0 aliphatic heterocycles. The predicted octanol–water partition coefficient (Wildman–Crippen LogP) is 3.43. The van der Waals surface area contributed by atoms with Crippen molar-refractivity contribution in [3.8, 4) is 11.1 Å². The van der Waals surface area contributed by atoms with E-state index in [4.69, 9.17) is 0 Å². The minimum atomic E-state index is -3.42. The molecule has 2 aromatic heterocycles. The first-order valence-corrected chi connectivity index (χ1v) is 14.7. The highest BCUT2D eigenvalue weighted by atomic mass is 32.2. The summed E-state index contributed by atoms with van der Waals surface area (Å²) in [5.74, 6) is -0.303. The van der Waals surface area contributed by atoms with Crippen molar-refractivity contribution < 1.29 is 21.6 Å². The van der Waals surface area contributed by atoms with Gasteiger partial charge in [0.1, 0.15) is 0 Å². The number of sulfone groups is 1. The van der Waals surface area contributed by atoms with Crippen LogP contribution >= 0.6 is 11.3 Å². The highest BCUT2D eigenvalue weighted by molar-refractivity contribution is 7.93. The molecule has 2 N–H and O–H groups in total. The Morgan fingerprint density at radius 1 is 1.06 bits per heavy atom. The topological polar surface area (TPSA) is 135 Å². The van der Waals surface area contributed by atoms with Crippen molar-refractivity contribution in [2.24, 2.45) is 0 Å². The summed E-state index contributed by atoms with van der Waals surface area (Å²) in [4.78, 5) is 21.5. The number of aromatic nitrogens is 2. The first-order chi connectivity index (χ1) is 15.9. The number of nitrogens with zero attached hydrogens (tertiary/aromatic N) is 2. The molecule has 0 saturated heterocycles. The number of amides is 1. The maximum Gasteiger partial charge on any atom is 0.237 e. The van der Waals surface area contributed by atoms with Crippen LogP contribution in [0.25, 0.3) is 11.1 Å². The van der Waals surface area contributed by atoms with Crippen LogP contribution in [0.4, 0.5) is 10.8 Å². The standard InChI is InChI=1S/C22H24N4O5S3/c1-22(2,19-13-32-21(25-19)26-34(30,31)17-8-9-17)20(27)24-16-6-4-14(5-7-16)15-10-18(12-23-11-15)33(3,28)29/h4-7,10-13,17H,8-9H2,1-3H3,(H,24,27)(H,25,26). The second kappa shape index (κ2) is 8.75. The third-order valence-electron chi connectivity index (χ3n) is 5.52. The van der Waals surface area contributed by atoms with E-state index in [1.165, 1.54) is 6.20 Å². The summed E-state index contributed by atoms with van der Waals surface area (Å²) < 4.78 is 50.3. The fraction of sp³-hybridized carbons (Fsp3) is 0.318. The summed E-state index contributed by atoms with van der Waals surface area (Å²) in [5.41, 5.74) is 1.40. The molecule has 0 bridgehead atoms. The monoisotopic (exact) mass is 520 g/mol. The molecule has 0 spiro atoms. The Labute approximate surface area is 202 Å². The summed E-state index contributed by atoms with van der Waals surface area (Å²) in [6.07, 6.45) is 5.31. The molecule has 34 heavy (non-hydrogen) atoms. The molecule has 0 radical (unpaired) electrons. The van der Waals surface area contributed by atoms with Gasteiger partial charge in [0, 0.05) is 35.3 Å². The van der Waals surface area contributed by atoms with Crippen molar-refractivity contribution in [3.05, 3.63) is 53.8 Å². The van der Waals surface area contributed by atoms with Gasteiger partial charge in [0.05, 0.1) is 21.3 Å². The van der Waals surface area contributed by atoms with Gasteiger partial charge in [-0.05, 0) is 50.5 Å². The van der Waals surface area contributed by atoms with Crippen LogP contribution in [0.1, 0.15) is 32.4 Å². The van der Waals surface area contributed by atoms with Crippen molar-refractivity contribution in [2.75, 3.05) is 16.3 Å². The van der Waals surface area contributed by atoms with Gasteiger partial charge in [0.2, 0.25) is 15.9 Å². The van der Waals surface area contributed by atoms with Crippen LogP contribution in [-0.4, -0.2) is 44.2 Å². The van der Waals surface area contributed by atoms with Crippen LogP contribution in [0.2, 0.25) is 0 Å². The highest BCUT2D eigenvalue weighted by Crippen LogP contribution is 2.33. The van der Waals surface area contributed by atoms with Crippen molar-refractivity contribution in [3.63, 3.8) is 0 Å². The third kappa shape index (κ3) is 5.29. The van der Waals surface area contributed by atoms with E-state index in [1.54, 1.807) is 55.8 Å². The molecule has 3 aromatic rings. The zero-order valence-electron chi connectivity index (χ0n) is 18.8. The highest BCUT2D eigenvalue weighted by Gasteiger charge is 2.37. The smallest absolute Gasteiger partial charge is 0.237 e. The molecule has 1 aliphatic carbocycles. The number of benzene rings is 1. The molecule has 9 nitrogen and oxygen atoms in total. The average molecular weight is 521 g/mol. The first kappa shape index (κ1) is 24.3. The summed E-state index contributed by atoms with van der Waals surface area (Å²) in [7, 11) is -6.79. The number of anilines is 2. The summed E-state index contributed by atoms with van der Waals surface area (Å²) in [6.45, 7) is 3.43. The maximum absolute atomic E-state index is 13.0. The van der Waals surface area contributed by atoms with Crippen LogP contribution in [0.5, 0.6) is 0 Å². The van der Waals surface area contributed by atoms with E-state index < -0.39 is 25.3 Å². The normalized spacial score (nSPS) is 14.6. The largest absolute Gasteiger partial charge is 0.325 e. The van der Waals surface area contributed by atoms with E-state index in [9.17, 15) is 21.6 Å². The number of hydrogen-bond acceptors (Lipinski definition) is 8. The van der Waals surface area contributed by atoms with Gasteiger partial charge < -0.3 is 5.32 Å². The molecule has 4 rings (SSSR count). The van der Waals surface area contributed by atoms with Crippen LogP contribution in [0.3, 0.4) is 0 Å². The van der Waals surface area contributed by atoms with Crippen molar-refractivity contribution >= 4 is 47.9 Å². The van der Waals surface area contributed by atoms with Gasteiger partial charge in [-0.25, -0.2) is 21.8 Å². The van der Waals surface area contributed by atoms with E-state index >= 15 is 0 Å². The van der Waals surface area contributed by atoms with Crippen LogP contribution in [-0.2, 0) is 30.1 Å². The minimum absolute atomic E-state index is 0.131. The van der Waals surface area contributed by atoms with Gasteiger partial charge in [-0.1, -0.05) is 12.1 Å². The Morgan fingerprint density at radius 3 is 2.35 bits per heavy atom. The zero-order chi connectivity index (χ0) is 24.7. The lowest BCUT2D eigenvalue weighted by molar-refractivity contribution is -0.120. The molecule has 2 heterocycles. The number of pyridine rings is 1. The van der Waals surface area contributed by atoms with E-state index in [1.807, 2.05) is 0 Å². The van der Waals surface area contributed by atoms with Crippen molar-refractivity contribution in [2.45, 2.75) is 42.2 Å². The number of thiazole rings is 1. The minimum Gasteiger partial charge on any atom is -0.325 e. The van der Waals surface area contributed by atoms with Crippen LogP contribution in [0.15, 0.2) is 53.0 Å². The Morgan fingerprint density at radius 2 is 1.74 bits per heavy atom. The SMILES string of the molecule is CC(C)(C(=O)Nc1ccc(-c2cncc(S(C)(=O)=O)c2)cc1)c1csc(NS(=O)(=O)C2CC2)n1. The van der Waals surface area contributed by atoms with Gasteiger partial charge >= 0.3 is 0 Å². The molecule has 12 heteroatoms. The Hall–Kier alpha value is -2.83. The quantitative estimate of drug-likeness (QED) is 0.464. The number of carbonyl (C=O) groups is 1. The summed E-state index contributed by atoms with van der Waals surface area (Å²) in [6, 6.07) is 8.51. The first-order valence-electron chi connectivity index (χ1n) is 10.4. The van der Waals surface area contributed by atoms with Gasteiger partial charge in [0.25, 0.3) is 0 Å². The van der Waals surface area contributed by atoms with E-state index in [2.05, 4.69) is 20.0 Å². The lowest BCUT2D eigenvalue weighted by Gasteiger charge is -2.21. The van der Waals surface area contributed by atoms with Crippen molar-refractivity contribution in [1.82, 2.24) is 9.97 Å². The number of sulfonamides is 1. The van der Waals surface area contributed by atoms with Gasteiger partial charge in [-0.15, -0.1) is 11.3 Å². The number of rotatable bonds is 8. The molecular formula is C22H24N4O5S3. The lowest BCUT2D eigenvalue weighted by Crippen LogP contribution is -2.35. The molecule has 0 atom stereocenters. The zero-order valence-corrected chi connectivity index (χ0v) is 21.2. The Bertz CT molecular complexity index is 1440. The predicted molar refractivity (Wildman–Crippen MR) is 132 cm³/mol. The molecule has 1 fully saturated rings. The molecular weight excluding hydrogens is 496 g/mol. The molecule has 180 valence electrons. The van der Waals surface area contributed by atoms with Crippen molar-refractivity contribution in [1.29, 1.82) is 0 Å². The Balaban J connectivity index is 1.46. The van der Waals surface area contributed by atoms with E-state index in [0.717, 1.165) is 23.2 Å². The fourth-order valence-electron chi connectivity index (χ4n) is 3.12. The molecule has 1 saturated carbocycles. The van der Waals surface area contributed by atoms with E-state index in [-0.39, 0.29) is 21.2 Å². The fourth-order valence-corrected chi connectivity index (χ4v) is 6.19. The van der Waals surface area contributed by atoms with Gasteiger partial charge in [-0.3, -0.25) is 14.5 Å². The number of nitrogens with one attached hydrogen (secondary N) is 2.